The Balaban J connectivity index is 0.00000180. The molecular formula is C12H19IN6. The molecule has 7 heteroatoms. The molecule has 0 aliphatic heterocycles. The monoisotopic (exact) mass is 374 g/mol. The summed E-state index contributed by atoms with van der Waals surface area (Å²) < 4.78 is 1.90. The lowest BCUT2D eigenvalue weighted by Crippen LogP contribution is -2.38. The maximum Gasteiger partial charge on any atom is 0.189 e. The molecule has 0 spiro atoms. The Kier molecular flexibility index (Phi) is 6.00. The first-order valence-corrected chi connectivity index (χ1v) is 6.05. The summed E-state index contributed by atoms with van der Waals surface area (Å²) in [6.45, 7) is 4.58. The lowest BCUT2D eigenvalue weighted by molar-refractivity contribution is 0.636. The highest BCUT2D eigenvalue weighted by Crippen LogP contribution is 2.03. The fourth-order valence-corrected chi connectivity index (χ4v) is 1.55. The molecule has 104 valence electrons. The number of aromatic nitrogens is 3. The molecule has 3 N–H and O–H groups in total. The number of halogens is 1. The molecule has 0 bridgehead atoms. The highest BCUT2D eigenvalue weighted by Gasteiger charge is 2.04. The van der Waals surface area contributed by atoms with Gasteiger partial charge in [0, 0.05) is 12.2 Å². The van der Waals surface area contributed by atoms with E-state index < -0.39 is 0 Å². The fraction of sp³-hybridized carbons (Fsp3) is 0.417. The zero-order chi connectivity index (χ0) is 13.0. The Morgan fingerprint density at radius 3 is 3.00 bits per heavy atom. The molecule has 2 heterocycles. The summed E-state index contributed by atoms with van der Waals surface area (Å²) in [7, 11) is 0. The third-order valence-corrected chi connectivity index (χ3v) is 2.78. The number of pyridine rings is 1. The van der Waals surface area contributed by atoms with E-state index in [1.54, 1.807) is 0 Å². The van der Waals surface area contributed by atoms with Gasteiger partial charge >= 0.3 is 0 Å². The van der Waals surface area contributed by atoms with E-state index in [-0.39, 0.29) is 24.0 Å². The van der Waals surface area contributed by atoms with Crippen molar-refractivity contribution in [3.05, 3.63) is 30.2 Å². The minimum Gasteiger partial charge on any atom is -0.370 e. The van der Waals surface area contributed by atoms with Crippen molar-refractivity contribution in [3.8, 4) is 0 Å². The van der Waals surface area contributed by atoms with Gasteiger partial charge < -0.3 is 11.1 Å². The predicted octanol–water partition coefficient (Wildman–Crippen LogP) is 1.55. The standard InChI is InChI=1S/C12H18N6.HI/c1-3-9(2)15-12(13)14-8-11-17-16-10-6-4-5-7-18(10)11;/h4-7,9H,3,8H2,1-2H3,(H3,13,14,15);1H. The lowest BCUT2D eigenvalue weighted by atomic mass is 10.3. The van der Waals surface area contributed by atoms with E-state index in [1.165, 1.54) is 0 Å². The molecule has 19 heavy (non-hydrogen) atoms. The van der Waals surface area contributed by atoms with E-state index in [0.29, 0.717) is 18.5 Å². The Hall–Kier alpha value is -1.38. The summed E-state index contributed by atoms with van der Waals surface area (Å²) in [5.41, 5.74) is 6.61. The first-order valence-electron chi connectivity index (χ1n) is 6.05. The van der Waals surface area contributed by atoms with Crippen LogP contribution >= 0.6 is 24.0 Å². The van der Waals surface area contributed by atoms with Crippen molar-refractivity contribution in [1.82, 2.24) is 19.9 Å². The summed E-state index contributed by atoms with van der Waals surface area (Å²) in [6, 6.07) is 6.09. The van der Waals surface area contributed by atoms with Crippen LogP contribution in [0.1, 0.15) is 26.1 Å². The smallest absolute Gasteiger partial charge is 0.189 e. The van der Waals surface area contributed by atoms with E-state index in [4.69, 9.17) is 5.73 Å². The Morgan fingerprint density at radius 2 is 2.26 bits per heavy atom. The van der Waals surface area contributed by atoms with Gasteiger partial charge in [0.05, 0.1) is 0 Å². The van der Waals surface area contributed by atoms with Crippen LogP contribution in [0.4, 0.5) is 0 Å². The number of nitrogens with one attached hydrogen (secondary N) is 1. The third-order valence-electron chi connectivity index (χ3n) is 2.78. The van der Waals surface area contributed by atoms with Crippen molar-refractivity contribution >= 4 is 35.6 Å². The SMILES string of the molecule is CCC(C)NC(N)=NCc1nnc2ccccn12.I. The molecule has 0 saturated carbocycles. The number of rotatable bonds is 4. The maximum atomic E-state index is 5.79. The molecule has 0 aliphatic carbocycles. The average Bonchev–Trinajstić information content (AvgIpc) is 2.79. The molecule has 0 saturated heterocycles. The van der Waals surface area contributed by atoms with Gasteiger partial charge in [-0.25, -0.2) is 4.99 Å². The van der Waals surface area contributed by atoms with Gasteiger partial charge in [-0.05, 0) is 25.5 Å². The quantitative estimate of drug-likeness (QED) is 0.484. The van der Waals surface area contributed by atoms with Crippen LogP contribution in [0.3, 0.4) is 0 Å². The van der Waals surface area contributed by atoms with Gasteiger partial charge in [-0.15, -0.1) is 34.2 Å². The average molecular weight is 374 g/mol. The van der Waals surface area contributed by atoms with Gasteiger partial charge in [0.25, 0.3) is 0 Å². The number of fused-ring (bicyclic) bond motifs is 1. The van der Waals surface area contributed by atoms with Crippen LogP contribution in [0.15, 0.2) is 29.4 Å². The molecule has 2 rings (SSSR count). The van der Waals surface area contributed by atoms with E-state index in [0.717, 1.165) is 17.9 Å². The van der Waals surface area contributed by atoms with Crippen LogP contribution in [0, 0.1) is 0 Å². The van der Waals surface area contributed by atoms with Crippen LogP contribution in [0.25, 0.3) is 5.65 Å². The van der Waals surface area contributed by atoms with Gasteiger partial charge in [-0.3, -0.25) is 4.40 Å². The van der Waals surface area contributed by atoms with Crippen molar-refractivity contribution < 1.29 is 0 Å². The molecular weight excluding hydrogens is 355 g/mol. The second-order valence-corrected chi connectivity index (χ2v) is 4.20. The summed E-state index contributed by atoms with van der Waals surface area (Å²) in [6.07, 6.45) is 2.92. The maximum absolute atomic E-state index is 5.79. The second kappa shape index (κ2) is 7.27. The van der Waals surface area contributed by atoms with Crippen LogP contribution in [0.5, 0.6) is 0 Å². The Bertz CT molecular complexity index is 550. The summed E-state index contributed by atoms with van der Waals surface area (Å²) in [5, 5.41) is 11.3. The van der Waals surface area contributed by atoms with Crippen molar-refractivity contribution in [3.63, 3.8) is 0 Å². The largest absolute Gasteiger partial charge is 0.370 e. The highest BCUT2D eigenvalue weighted by molar-refractivity contribution is 14.0. The molecule has 6 nitrogen and oxygen atoms in total. The van der Waals surface area contributed by atoms with Crippen molar-refractivity contribution in [2.24, 2.45) is 10.7 Å². The normalized spacial score (nSPS) is 13.1. The summed E-state index contributed by atoms with van der Waals surface area (Å²) in [5.74, 6) is 1.22. The van der Waals surface area contributed by atoms with E-state index >= 15 is 0 Å². The number of guanidine groups is 1. The van der Waals surface area contributed by atoms with E-state index in [1.807, 2.05) is 28.8 Å². The van der Waals surface area contributed by atoms with Crippen LogP contribution < -0.4 is 11.1 Å². The molecule has 2 aromatic rings. The van der Waals surface area contributed by atoms with Gasteiger partial charge in [0.15, 0.2) is 17.4 Å². The minimum absolute atomic E-state index is 0. The second-order valence-electron chi connectivity index (χ2n) is 4.20. The number of nitrogens with zero attached hydrogens (tertiary/aromatic N) is 4. The van der Waals surface area contributed by atoms with Gasteiger partial charge in [0.2, 0.25) is 0 Å². The highest BCUT2D eigenvalue weighted by atomic mass is 127. The van der Waals surface area contributed by atoms with Crippen LogP contribution in [-0.2, 0) is 6.54 Å². The number of aliphatic imine (C=N–C) groups is 1. The summed E-state index contributed by atoms with van der Waals surface area (Å²) >= 11 is 0. The molecule has 0 aromatic carbocycles. The van der Waals surface area contributed by atoms with Crippen molar-refractivity contribution in [2.45, 2.75) is 32.9 Å². The predicted molar refractivity (Wildman–Crippen MR) is 86.6 cm³/mol. The van der Waals surface area contributed by atoms with Crippen LogP contribution in [0.2, 0.25) is 0 Å². The Morgan fingerprint density at radius 1 is 1.47 bits per heavy atom. The Labute approximate surface area is 129 Å². The van der Waals surface area contributed by atoms with Crippen LogP contribution in [-0.4, -0.2) is 26.6 Å². The van der Waals surface area contributed by atoms with Crippen molar-refractivity contribution in [2.75, 3.05) is 0 Å². The summed E-state index contributed by atoms with van der Waals surface area (Å²) in [4.78, 5) is 4.26. The first-order chi connectivity index (χ1) is 8.70. The van der Waals surface area contributed by atoms with E-state index in [2.05, 4.69) is 34.4 Å². The van der Waals surface area contributed by atoms with Crippen molar-refractivity contribution in [1.29, 1.82) is 0 Å². The third kappa shape index (κ3) is 4.05. The molecule has 0 aliphatic rings. The zero-order valence-electron chi connectivity index (χ0n) is 11.1. The molecule has 1 atom stereocenters. The molecule has 0 radical (unpaired) electrons. The topological polar surface area (TPSA) is 80.6 Å². The molecule has 2 aromatic heterocycles. The number of hydrogen-bond donors (Lipinski definition) is 2. The zero-order valence-corrected chi connectivity index (χ0v) is 13.4. The fourth-order valence-electron chi connectivity index (χ4n) is 1.55. The van der Waals surface area contributed by atoms with Gasteiger partial charge in [0.1, 0.15) is 6.54 Å². The molecule has 1 unspecified atom stereocenters. The molecule has 0 amide bonds. The lowest BCUT2D eigenvalue weighted by Gasteiger charge is -2.11. The first kappa shape index (κ1) is 15.7. The number of nitrogens with two attached hydrogens (primary N) is 1. The van der Waals surface area contributed by atoms with Gasteiger partial charge in [-0.2, -0.15) is 0 Å². The molecule has 0 fully saturated rings. The minimum atomic E-state index is 0. The van der Waals surface area contributed by atoms with Gasteiger partial charge in [-0.1, -0.05) is 13.0 Å². The van der Waals surface area contributed by atoms with E-state index in [9.17, 15) is 0 Å². The number of hydrogen-bond acceptors (Lipinski definition) is 3.